The third-order valence-corrected chi connectivity index (χ3v) is 3.32. The Morgan fingerprint density at radius 3 is 2.73 bits per heavy atom. The average molecular weight is 305 g/mol. The van der Waals surface area contributed by atoms with E-state index in [1.54, 1.807) is 19.1 Å². The topological polar surface area (TPSA) is 104 Å². The molecule has 2 aromatic rings. The van der Waals surface area contributed by atoms with Gasteiger partial charge in [-0.3, -0.25) is 24.6 Å². The summed E-state index contributed by atoms with van der Waals surface area (Å²) in [6.07, 6.45) is 1.22. The molecule has 1 atom stereocenters. The standard InChI is InChI=1S/C15H19N3O4/c1-3-4-8-22-9(2)13(19)16-11-7-5-6-10-12(11)15(21)18-17-14(10)20/h5-7,9H,3-4,8H2,1-2H3,(H,16,19)(H,17,20)(H,18,21)/t9-/m1/s1. The monoisotopic (exact) mass is 305 g/mol. The van der Waals surface area contributed by atoms with Crippen LogP contribution in [0.15, 0.2) is 27.8 Å². The third-order valence-electron chi connectivity index (χ3n) is 3.32. The highest BCUT2D eigenvalue weighted by Gasteiger charge is 2.16. The Labute approximate surface area is 126 Å². The summed E-state index contributed by atoms with van der Waals surface area (Å²) < 4.78 is 5.42. The molecular weight excluding hydrogens is 286 g/mol. The summed E-state index contributed by atoms with van der Waals surface area (Å²) in [5, 5.41) is 7.52. The van der Waals surface area contributed by atoms with Gasteiger partial charge in [-0.15, -0.1) is 0 Å². The second kappa shape index (κ2) is 7.04. The van der Waals surface area contributed by atoms with Crippen LogP contribution in [0.1, 0.15) is 26.7 Å². The first-order valence-electron chi connectivity index (χ1n) is 7.20. The molecule has 0 saturated carbocycles. The Balaban J connectivity index is 2.25. The minimum absolute atomic E-state index is 0.153. The number of anilines is 1. The van der Waals surface area contributed by atoms with Crippen molar-refractivity contribution < 1.29 is 9.53 Å². The lowest BCUT2D eigenvalue weighted by Crippen LogP contribution is -2.29. The Bertz CT molecular complexity index is 778. The van der Waals surface area contributed by atoms with Crippen LogP contribution in [0.2, 0.25) is 0 Å². The maximum absolute atomic E-state index is 12.1. The zero-order valence-electron chi connectivity index (χ0n) is 12.6. The smallest absolute Gasteiger partial charge is 0.272 e. The fourth-order valence-corrected chi connectivity index (χ4v) is 2.05. The van der Waals surface area contributed by atoms with Gasteiger partial charge >= 0.3 is 0 Å². The van der Waals surface area contributed by atoms with Crippen LogP contribution in [0, 0.1) is 0 Å². The van der Waals surface area contributed by atoms with Crippen molar-refractivity contribution >= 4 is 22.4 Å². The largest absolute Gasteiger partial charge is 0.369 e. The molecule has 118 valence electrons. The quantitative estimate of drug-likeness (QED) is 0.701. The molecule has 0 bridgehead atoms. The molecule has 7 heteroatoms. The first-order chi connectivity index (χ1) is 10.5. The molecule has 0 fully saturated rings. The van der Waals surface area contributed by atoms with E-state index >= 15 is 0 Å². The number of nitrogens with one attached hydrogen (secondary N) is 3. The number of amides is 1. The van der Waals surface area contributed by atoms with Gasteiger partial charge < -0.3 is 10.1 Å². The average Bonchev–Trinajstić information content (AvgIpc) is 2.51. The first kappa shape index (κ1) is 16.0. The highest BCUT2D eigenvalue weighted by molar-refractivity contribution is 6.02. The number of carbonyl (C=O) groups excluding carboxylic acids is 1. The molecule has 1 aromatic heterocycles. The number of fused-ring (bicyclic) bond motifs is 1. The molecule has 1 aromatic carbocycles. The van der Waals surface area contributed by atoms with Crippen LogP contribution < -0.4 is 16.4 Å². The number of hydrogen-bond acceptors (Lipinski definition) is 4. The van der Waals surface area contributed by atoms with Crippen LogP contribution in [-0.2, 0) is 9.53 Å². The van der Waals surface area contributed by atoms with E-state index in [-0.39, 0.29) is 16.7 Å². The molecular formula is C15H19N3O4. The predicted octanol–water partition coefficient (Wildman–Crippen LogP) is 1.36. The number of carbonyl (C=O) groups is 1. The highest BCUT2D eigenvalue weighted by Crippen LogP contribution is 2.17. The molecule has 0 saturated heterocycles. The number of ether oxygens (including phenoxy) is 1. The van der Waals surface area contributed by atoms with Gasteiger partial charge in [0.2, 0.25) is 0 Å². The van der Waals surface area contributed by atoms with Gasteiger partial charge in [0.05, 0.1) is 16.5 Å². The molecule has 22 heavy (non-hydrogen) atoms. The summed E-state index contributed by atoms with van der Waals surface area (Å²) in [6, 6.07) is 4.71. The van der Waals surface area contributed by atoms with Gasteiger partial charge in [0.1, 0.15) is 6.10 Å². The van der Waals surface area contributed by atoms with Gasteiger partial charge in [0, 0.05) is 6.61 Å². The zero-order chi connectivity index (χ0) is 16.1. The summed E-state index contributed by atoms with van der Waals surface area (Å²) >= 11 is 0. The fourth-order valence-electron chi connectivity index (χ4n) is 2.05. The lowest BCUT2D eigenvalue weighted by Gasteiger charge is -2.14. The minimum atomic E-state index is -0.636. The molecule has 0 aliphatic heterocycles. The second-order valence-corrected chi connectivity index (χ2v) is 4.99. The Kier molecular flexibility index (Phi) is 5.11. The number of benzene rings is 1. The number of hydrogen-bond donors (Lipinski definition) is 3. The van der Waals surface area contributed by atoms with Gasteiger partial charge in [-0.2, -0.15) is 0 Å². The summed E-state index contributed by atoms with van der Waals surface area (Å²) in [4.78, 5) is 35.7. The van der Waals surface area contributed by atoms with Crippen molar-refractivity contribution in [1.82, 2.24) is 10.2 Å². The van der Waals surface area contributed by atoms with Crippen LogP contribution in [0.5, 0.6) is 0 Å². The number of rotatable bonds is 6. The predicted molar refractivity (Wildman–Crippen MR) is 84.1 cm³/mol. The van der Waals surface area contributed by atoms with Crippen molar-refractivity contribution in [2.24, 2.45) is 0 Å². The second-order valence-electron chi connectivity index (χ2n) is 4.99. The van der Waals surface area contributed by atoms with Crippen LogP contribution in [-0.4, -0.2) is 28.8 Å². The van der Waals surface area contributed by atoms with E-state index in [1.165, 1.54) is 6.07 Å². The molecule has 1 amide bonds. The number of aromatic nitrogens is 2. The maximum atomic E-state index is 12.1. The lowest BCUT2D eigenvalue weighted by molar-refractivity contribution is -0.126. The SMILES string of the molecule is CCCCO[C@H](C)C(=O)Nc1cccc2c(=O)[nH][nH]c(=O)c12. The Morgan fingerprint density at radius 1 is 1.27 bits per heavy atom. The van der Waals surface area contributed by atoms with E-state index in [1.807, 2.05) is 6.92 Å². The van der Waals surface area contributed by atoms with E-state index in [9.17, 15) is 14.4 Å². The maximum Gasteiger partial charge on any atom is 0.272 e. The lowest BCUT2D eigenvalue weighted by atomic mass is 10.1. The van der Waals surface area contributed by atoms with Gasteiger partial charge in [-0.1, -0.05) is 19.4 Å². The molecule has 0 aliphatic rings. The molecule has 2 rings (SSSR count). The van der Waals surface area contributed by atoms with Crippen LogP contribution >= 0.6 is 0 Å². The van der Waals surface area contributed by atoms with Crippen molar-refractivity contribution in [2.45, 2.75) is 32.8 Å². The van der Waals surface area contributed by atoms with Crippen molar-refractivity contribution in [3.05, 3.63) is 38.9 Å². The first-order valence-corrected chi connectivity index (χ1v) is 7.20. The molecule has 0 spiro atoms. The Hall–Kier alpha value is -2.41. The highest BCUT2D eigenvalue weighted by atomic mass is 16.5. The van der Waals surface area contributed by atoms with Crippen molar-refractivity contribution in [3.8, 4) is 0 Å². The molecule has 0 aliphatic carbocycles. The molecule has 0 unspecified atom stereocenters. The number of H-pyrrole nitrogens is 2. The summed E-state index contributed by atoms with van der Waals surface area (Å²) in [7, 11) is 0. The van der Waals surface area contributed by atoms with Gasteiger partial charge in [0.15, 0.2) is 0 Å². The van der Waals surface area contributed by atoms with E-state index in [4.69, 9.17) is 4.74 Å². The zero-order valence-corrected chi connectivity index (χ0v) is 12.6. The minimum Gasteiger partial charge on any atom is -0.369 e. The molecule has 1 heterocycles. The van der Waals surface area contributed by atoms with Crippen molar-refractivity contribution in [3.63, 3.8) is 0 Å². The van der Waals surface area contributed by atoms with Gasteiger partial charge in [-0.25, -0.2) is 0 Å². The molecule has 7 nitrogen and oxygen atoms in total. The number of unbranched alkanes of at least 4 members (excludes halogenated alkanes) is 1. The molecule has 0 radical (unpaired) electrons. The van der Waals surface area contributed by atoms with E-state index < -0.39 is 17.2 Å². The van der Waals surface area contributed by atoms with E-state index in [0.29, 0.717) is 12.3 Å². The summed E-state index contributed by atoms with van der Waals surface area (Å²) in [5.41, 5.74) is -0.594. The third kappa shape index (κ3) is 3.43. The number of aromatic amines is 2. The van der Waals surface area contributed by atoms with Gasteiger partial charge in [0.25, 0.3) is 17.0 Å². The Morgan fingerprint density at radius 2 is 2.00 bits per heavy atom. The normalized spacial score (nSPS) is 12.3. The van der Waals surface area contributed by atoms with E-state index in [2.05, 4.69) is 15.5 Å². The van der Waals surface area contributed by atoms with Gasteiger partial charge in [-0.05, 0) is 25.5 Å². The van der Waals surface area contributed by atoms with Crippen LogP contribution in [0.3, 0.4) is 0 Å². The fraction of sp³-hybridized carbons (Fsp3) is 0.400. The summed E-state index contributed by atoms with van der Waals surface area (Å²) in [6.45, 7) is 4.18. The van der Waals surface area contributed by atoms with E-state index in [0.717, 1.165) is 12.8 Å². The van der Waals surface area contributed by atoms with Crippen LogP contribution in [0.4, 0.5) is 5.69 Å². The van der Waals surface area contributed by atoms with Crippen molar-refractivity contribution in [1.29, 1.82) is 0 Å². The molecule has 3 N–H and O–H groups in total. The summed E-state index contributed by atoms with van der Waals surface area (Å²) in [5.74, 6) is -0.358. The van der Waals surface area contributed by atoms with Crippen LogP contribution in [0.25, 0.3) is 10.8 Å². The van der Waals surface area contributed by atoms with Crippen molar-refractivity contribution in [2.75, 3.05) is 11.9 Å².